The molecule has 0 atom stereocenters. The standard InChI is InChI=1S/C15H20FN3O2/c16-15-12-3-5-17-7-10(12)1-2-13(15)19-14(20)4-6-21-11-8-18-9-11/h1-2,11,17-18H,3-9H2,(H,19,20). The van der Waals surface area contributed by atoms with Gasteiger partial charge in [0.2, 0.25) is 5.91 Å². The Labute approximate surface area is 123 Å². The van der Waals surface area contributed by atoms with Crippen molar-refractivity contribution in [2.75, 3.05) is 31.6 Å². The molecule has 0 radical (unpaired) electrons. The fourth-order valence-electron chi connectivity index (χ4n) is 2.54. The quantitative estimate of drug-likeness (QED) is 0.751. The minimum atomic E-state index is -0.300. The normalized spacial score (nSPS) is 18.0. The van der Waals surface area contributed by atoms with E-state index in [4.69, 9.17) is 4.74 Å². The Bertz CT molecular complexity index is 532. The Kier molecular flexibility index (Phi) is 4.48. The Balaban J connectivity index is 1.55. The van der Waals surface area contributed by atoms with Crippen LogP contribution in [0.4, 0.5) is 10.1 Å². The average Bonchev–Trinajstić information content (AvgIpc) is 2.45. The smallest absolute Gasteiger partial charge is 0.226 e. The second-order valence-corrected chi connectivity index (χ2v) is 5.44. The van der Waals surface area contributed by atoms with Gasteiger partial charge >= 0.3 is 0 Å². The largest absolute Gasteiger partial charge is 0.375 e. The minimum absolute atomic E-state index is 0.213. The molecule has 1 fully saturated rings. The van der Waals surface area contributed by atoms with E-state index in [1.54, 1.807) is 6.07 Å². The number of benzene rings is 1. The highest BCUT2D eigenvalue weighted by atomic mass is 19.1. The summed E-state index contributed by atoms with van der Waals surface area (Å²) in [6.07, 6.45) is 1.11. The molecule has 1 amide bonds. The fourth-order valence-corrected chi connectivity index (χ4v) is 2.54. The van der Waals surface area contributed by atoms with Crippen molar-refractivity contribution in [1.29, 1.82) is 0 Å². The highest BCUT2D eigenvalue weighted by Gasteiger charge is 2.19. The summed E-state index contributed by atoms with van der Waals surface area (Å²) in [4.78, 5) is 11.8. The number of carbonyl (C=O) groups is 1. The Morgan fingerprint density at radius 1 is 1.38 bits per heavy atom. The maximum Gasteiger partial charge on any atom is 0.226 e. The van der Waals surface area contributed by atoms with Crippen LogP contribution in [-0.4, -0.2) is 38.3 Å². The molecule has 0 bridgehead atoms. The van der Waals surface area contributed by atoms with Gasteiger partial charge < -0.3 is 20.7 Å². The van der Waals surface area contributed by atoms with Gasteiger partial charge in [-0.25, -0.2) is 4.39 Å². The Morgan fingerprint density at radius 2 is 2.24 bits per heavy atom. The van der Waals surface area contributed by atoms with Crippen LogP contribution in [-0.2, 0) is 22.5 Å². The average molecular weight is 293 g/mol. The molecule has 1 aromatic rings. The zero-order valence-electron chi connectivity index (χ0n) is 11.9. The van der Waals surface area contributed by atoms with Crippen LogP contribution in [0.5, 0.6) is 0 Å². The van der Waals surface area contributed by atoms with Crippen LogP contribution in [0.25, 0.3) is 0 Å². The molecular formula is C15H20FN3O2. The lowest BCUT2D eigenvalue weighted by Gasteiger charge is -2.26. The van der Waals surface area contributed by atoms with E-state index in [2.05, 4.69) is 16.0 Å². The molecule has 3 rings (SSSR count). The third-order valence-electron chi connectivity index (χ3n) is 3.91. The van der Waals surface area contributed by atoms with E-state index in [1.807, 2.05) is 6.07 Å². The number of ether oxygens (including phenoxy) is 1. The van der Waals surface area contributed by atoms with Crippen LogP contribution in [0.2, 0.25) is 0 Å². The molecule has 114 valence electrons. The molecule has 0 aliphatic carbocycles. The van der Waals surface area contributed by atoms with Gasteiger partial charge in [0.15, 0.2) is 0 Å². The van der Waals surface area contributed by atoms with Crippen LogP contribution in [0.15, 0.2) is 12.1 Å². The van der Waals surface area contributed by atoms with E-state index < -0.39 is 0 Å². The summed E-state index contributed by atoms with van der Waals surface area (Å²) in [5, 5.41) is 8.94. The van der Waals surface area contributed by atoms with E-state index in [9.17, 15) is 9.18 Å². The second kappa shape index (κ2) is 6.51. The number of anilines is 1. The van der Waals surface area contributed by atoms with Crippen LogP contribution >= 0.6 is 0 Å². The van der Waals surface area contributed by atoms with Crippen LogP contribution in [0.3, 0.4) is 0 Å². The van der Waals surface area contributed by atoms with E-state index >= 15 is 0 Å². The van der Waals surface area contributed by atoms with E-state index in [0.29, 0.717) is 25.1 Å². The molecule has 2 aliphatic heterocycles. The number of fused-ring (bicyclic) bond motifs is 1. The second-order valence-electron chi connectivity index (χ2n) is 5.44. The summed E-state index contributed by atoms with van der Waals surface area (Å²) in [7, 11) is 0. The van der Waals surface area contributed by atoms with Gasteiger partial charge in [-0.05, 0) is 30.2 Å². The first kappa shape index (κ1) is 14.4. The Morgan fingerprint density at radius 3 is 3.00 bits per heavy atom. The molecule has 1 saturated heterocycles. The molecule has 2 heterocycles. The molecule has 21 heavy (non-hydrogen) atoms. The zero-order valence-corrected chi connectivity index (χ0v) is 11.9. The maximum atomic E-state index is 14.3. The molecule has 6 heteroatoms. The molecular weight excluding hydrogens is 273 g/mol. The van der Waals surface area contributed by atoms with Gasteiger partial charge in [0.25, 0.3) is 0 Å². The van der Waals surface area contributed by atoms with Crippen molar-refractivity contribution in [2.24, 2.45) is 0 Å². The number of halogens is 1. The van der Waals surface area contributed by atoms with Crippen molar-refractivity contribution < 1.29 is 13.9 Å². The predicted octanol–water partition coefficient (Wildman–Crippen LogP) is 0.788. The zero-order chi connectivity index (χ0) is 14.7. The van der Waals surface area contributed by atoms with Gasteiger partial charge in [0.1, 0.15) is 5.82 Å². The van der Waals surface area contributed by atoms with Crippen LogP contribution < -0.4 is 16.0 Å². The lowest BCUT2D eigenvalue weighted by Crippen LogP contribution is -2.48. The van der Waals surface area contributed by atoms with Crippen molar-refractivity contribution >= 4 is 11.6 Å². The summed E-state index contributed by atoms with van der Waals surface area (Å²) in [5.41, 5.74) is 1.95. The molecule has 2 aliphatic rings. The highest BCUT2D eigenvalue weighted by Crippen LogP contribution is 2.24. The lowest BCUT2D eigenvalue weighted by molar-refractivity contribution is -0.118. The number of carbonyl (C=O) groups excluding carboxylic acids is 1. The number of nitrogens with one attached hydrogen (secondary N) is 3. The van der Waals surface area contributed by atoms with Crippen molar-refractivity contribution in [3.05, 3.63) is 29.1 Å². The Hall–Kier alpha value is -1.50. The molecule has 3 N–H and O–H groups in total. The van der Waals surface area contributed by atoms with E-state index in [0.717, 1.165) is 25.2 Å². The molecule has 0 unspecified atom stereocenters. The fraction of sp³-hybridized carbons (Fsp3) is 0.533. The highest BCUT2D eigenvalue weighted by molar-refractivity contribution is 5.91. The number of hydrogen-bond acceptors (Lipinski definition) is 4. The third-order valence-corrected chi connectivity index (χ3v) is 3.91. The van der Waals surface area contributed by atoms with Crippen molar-refractivity contribution in [3.8, 4) is 0 Å². The topological polar surface area (TPSA) is 62.4 Å². The molecule has 0 aromatic heterocycles. The summed E-state index contributed by atoms with van der Waals surface area (Å²) in [6, 6.07) is 3.51. The predicted molar refractivity (Wildman–Crippen MR) is 77.7 cm³/mol. The van der Waals surface area contributed by atoms with Gasteiger partial charge in [-0.15, -0.1) is 0 Å². The molecule has 0 spiro atoms. The SMILES string of the molecule is O=C(CCOC1CNC1)Nc1ccc2c(c1F)CCNC2. The van der Waals surface area contributed by atoms with E-state index in [1.165, 1.54) is 0 Å². The van der Waals surface area contributed by atoms with Crippen LogP contribution in [0.1, 0.15) is 17.5 Å². The summed E-state index contributed by atoms with van der Waals surface area (Å²) < 4.78 is 19.8. The molecule has 5 nitrogen and oxygen atoms in total. The first-order chi connectivity index (χ1) is 10.2. The summed E-state index contributed by atoms with van der Waals surface area (Å²) in [5.74, 6) is -0.512. The molecule has 1 aromatic carbocycles. The van der Waals surface area contributed by atoms with Crippen molar-refractivity contribution in [3.63, 3.8) is 0 Å². The van der Waals surface area contributed by atoms with Crippen molar-refractivity contribution in [2.45, 2.75) is 25.5 Å². The van der Waals surface area contributed by atoms with Gasteiger partial charge in [0, 0.05) is 19.6 Å². The lowest BCUT2D eigenvalue weighted by atomic mass is 9.99. The maximum absolute atomic E-state index is 14.3. The number of hydrogen-bond donors (Lipinski definition) is 3. The number of rotatable bonds is 5. The van der Waals surface area contributed by atoms with Crippen molar-refractivity contribution in [1.82, 2.24) is 10.6 Å². The van der Waals surface area contributed by atoms with Gasteiger partial charge in [-0.3, -0.25) is 4.79 Å². The van der Waals surface area contributed by atoms with Gasteiger partial charge in [-0.2, -0.15) is 0 Å². The summed E-state index contributed by atoms with van der Waals surface area (Å²) in [6.45, 7) is 3.51. The molecule has 0 saturated carbocycles. The van der Waals surface area contributed by atoms with Gasteiger partial charge in [0.05, 0.1) is 24.8 Å². The van der Waals surface area contributed by atoms with E-state index in [-0.39, 0.29) is 29.9 Å². The number of amides is 1. The monoisotopic (exact) mass is 293 g/mol. The first-order valence-corrected chi connectivity index (χ1v) is 7.37. The van der Waals surface area contributed by atoms with Gasteiger partial charge in [-0.1, -0.05) is 6.07 Å². The minimum Gasteiger partial charge on any atom is -0.375 e. The third kappa shape index (κ3) is 3.40. The van der Waals surface area contributed by atoms with Crippen LogP contribution in [0, 0.1) is 5.82 Å². The first-order valence-electron chi connectivity index (χ1n) is 7.37. The summed E-state index contributed by atoms with van der Waals surface area (Å²) >= 11 is 0.